The number of benzene rings is 1. The summed E-state index contributed by atoms with van der Waals surface area (Å²) in [7, 11) is 0. The summed E-state index contributed by atoms with van der Waals surface area (Å²) >= 11 is 1.24. The Balaban J connectivity index is 1.90. The number of rotatable bonds is 8. The van der Waals surface area contributed by atoms with Gasteiger partial charge in [-0.05, 0) is 42.6 Å². The highest BCUT2D eigenvalue weighted by Gasteiger charge is 2.16. The van der Waals surface area contributed by atoms with Crippen molar-refractivity contribution in [2.75, 3.05) is 18.5 Å². The second-order valence-corrected chi connectivity index (χ2v) is 5.94. The van der Waals surface area contributed by atoms with Crippen molar-refractivity contribution in [2.45, 2.75) is 20.3 Å². The molecule has 0 aliphatic rings. The molecule has 7 heteroatoms. The van der Waals surface area contributed by atoms with Crippen LogP contribution in [0.2, 0.25) is 0 Å². The molecule has 132 valence electrons. The Bertz CT molecular complexity index is 751. The molecule has 0 saturated carbocycles. The number of nitrogens with one attached hydrogen (secondary N) is 1. The van der Waals surface area contributed by atoms with Gasteiger partial charge in [-0.25, -0.2) is 4.79 Å². The number of amides is 1. The molecule has 0 spiro atoms. The van der Waals surface area contributed by atoms with E-state index in [4.69, 9.17) is 9.47 Å². The van der Waals surface area contributed by atoms with Gasteiger partial charge in [0.2, 0.25) is 0 Å². The third-order valence-electron chi connectivity index (χ3n) is 3.28. The Morgan fingerprint density at radius 3 is 2.44 bits per heavy atom. The van der Waals surface area contributed by atoms with Crippen molar-refractivity contribution in [1.29, 1.82) is 0 Å². The summed E-state index contributed by atoms with van der Waals surface area (Å²) in [6, 6.07) is 8.22. The summed E-state index contributed by atoms with van der Waals surface area (Å²) < 4.78 is 10.3. The second kappa shape index (κ2) is 8.98. The molecule has 1 aromatic carbocycles. The molecule has 0 fully saturated rings. The summed E-state index contributed by atoms with van der Waals surface area (Å²) in [5.41, 5.74) is 0.930. The number of thiophene rings is 1. The zero-order valence-corrected chi connectivity index (χ0v) is 14.9. The molecular weight excluding hydrogens is 342 g/mol. The lowest BCUT2D eigenvalue weighted by Crippen LogP contribution is -2.21. The zero-order chi connectivity index (χ0) is 18.2. The average Bonchev–Trinajstić information content (AvgIpc) is 3.08. The largest absolute Gasteiger partial charge is 0.484 e. The fraction of sp³-hybridized carbons (Fsp3) is 0.278. The maximum Gasteiger partial charge on any atom is 0.341 e. The number of carbonyl (C=O) groups is 3. The molecule has 1 amide bonds. The number of hydrogen-bond acceptors (Lipinski definition) is 6. The Morgan fingerprint density at radius 1 is 1.08 bits per heavy atom. The summed E-state index contributed by atoms with van der Waals surface area (Å²) in [6.07, 6.45) is 0.437. The van der Waals surface area contributed by atoms with Crippen molar-refractivity contribution < 1.29 is 23.9 Å². The van der Waals surface area contributed by atoms with Crippen LogP contribution in [0.15, 0.2) is 35.7 Å². The van der Waals surface area contributed by atoms with Crippen LogP contribution in [-0.4, -0.2) is 30.9 Å². The maximum absolute atomic E-state index is 12.0. The molecule has 0 saturated heterocycles. The smallest absolute Gasteiger partial charge is 0.341 e. The van der Waals surface area contributed by atoms with E-state index in [0.717, 1.165) is 0 Å². The van der Waals surface area contributed by atoms with E-state index in [1.165, 1.54) is 11.3 Å². The first kappa shape index (κ1) is 18.7. The molecular formula is C18H19NO5S. The Labute approximate surface area is 149 Å². The van der Waals surface area contributed by atoms with Gasteiger partial charge in [-0.2, -0.15) is 0 Å². The molecule has 25 heavy (non-hydrogen) atoms. The normalized spacial score (nSPS) is 10.2. The number of anilines is 1. The fourth-order valence-electron chi connectivity index (χ4n) is 2.03. The highest BCUT2D eigenvalue weighted by atomic mass is 32.1. The molecule has 6 nitrogen and oxygen atoms in total. The number of ether oxygens (including phenoxy) is 2. The molecule has 1 N–H and O–H groups in total. The van der Waals surface area contributed by atoms with Crippen LogP contribution in [0.5, 0.6) is 5.75 Å². The lowest BCUT2D eigenvalue weighted by molar-refractivity contribution is -0.118. The van der Waals surface area contributed by atoms with Gasteiger partial charge in [-0.1, -0.05) is 6.92 Å². The predicted molar refractivity (Wildman–Crippen MR) is 95.5 cm³/mol. The first-order chi connectivity index (χ1) is 12.0. The van der Waals surface area contributed by atoms with Gasteiger partial charge in [-0.3, -0.25) is 9.59 Å². The van der Waals surface area contributed by atoms with Crippen LogP contribution in [0.1, 0.15) is 41.0 Å². The van der Waals surface area contributed by atoms with Crippen LogP contribution in [0.25, 0.3) is 0 Å². The van der Waals surface area contributed by atoms with E-state index in [0.29, 0.717) is 28.3 Å². The Kier molecular flexibility index (Phi) is 6.71. The standard InChI is InChI=1S/C18H19NO5S/c1-3-15(20)12-5-7-13(8-6-12)24-11-16(21)19-17-14(9-10-25-17)18(22)23-4-2/h5-10H,3-4,11H2,1-2H3,(H,19,21). The lowest BCUT2D eigenvalue weighted by atomic mass is 10.1. The topological polar surface area (TPSA) is 81.7 Å². The van der Waals surface area contributed by atoms with Crippen molar-refractivity contribution in [1.82, 2.24) is 0 Å². The van der Waals surface area contributed by atoms with E-state index in [-0.39, 0.29) is 24.9 Å². The van der Waals surface area contributed by atoms with Crippen molar-refractivity contribution in [3.05, 3.63) is 46.8 Å². The third kappa shape index (κ3) is 5.15. The minimum Gasteiger partial charge on any atom is -0.484 e. The lowest BCUT2D eigenvalue weighted by Gasteiger charge is -2.08. The third-order valence-corrected chi connectivity index (χ3v) is 4.11. The van der Waals surface area contributed by atoms with E-state index >= 15 is 0 Å². The predicted octanol–water partition coefficient (Wildman–Crippen LogP) is 3.54. The van der Waals surface area contributed by atoms with Crippen molar-refractivity contribution in [3.8, 4) is 5.75 Å². The van der Waals surface area contributed by atoms with Crippen LogP contribution < -0.4 is 10.1 Å². The van der Waals surface area contributed by atoms with E-state index in [9.17, 15) is 14.4 Å². The number of hydrogen-bond donors (Lipinski definition) is 1. The maximum atomic E-state index is 12.0. The van der Waals surface area contributed by atoms with Gasteiger partial charge in [-0.15, -0.1) is 11.3 Å². The van der Waals surface area contributed by atoms with E-state index in [2.05, 4.69) is 5.32 Å². The molecule has 2 rings (SSSR count). The quantitative estimate of drug-likeness (QED) is 0.574. The summed E-state index contributed by atoms with van der Waals surface area (Å²) in [5, 5.41) is 4.77. The van der Waals surface area contributed by atoms with Crippen LogP contribution in [0, 0.1) is 0 Å². The van der Waals surface area contributed by atoms with Gasteiger partial charge in [0.1, 0.15) is 10.8 Å². The van der Waals surface area contributed by atoms with Crippen molar-refractivity contribution in [2.24, 2.45) is 0 Å². The van der Waals surface area contributed by atoms with Crippen LogP contribution in [-0.2, 0) is 9.53 Å². The van der Waals surface area contributed by atoms with Gasteiger partial charge >= 0.3 is 5.97 Å². The molecule has 1 heterocycles. The first-order valence-electron chi connectivity index (χ1n) is 7.85. The van der Waals surface area contributed by atoms with Gasteiger partial charge in [0.05, 0.1) is 12.2 Å². The SMILES string of the molecule is CCOC(=O)c1ccsc1NC(=O)COc1ccc(C(=O)CC)cc1. The fourth-order valence-corrected chi connectivity index (χ4v) is 2.82. The van der Waals surface area contributed by atoms with Gasteiger partial charge < -0.3 is 14.8 Å². The number of Topliss-reactive ketones (excluding diaryl/α,β-unsaturated/α-hetero) is 1. The monoisotopic (exact) mass is 361 g/mol. The van der Waals surface area contributed by atoms with E-state index in [1.807, 2.05) is 0 Å². The number of ketones is 1. The molecule has 0 aliphatic heterocycles. The van der Waals surface area contributed by atoms with Crippen LogP contribution in [0.4, 0.5) is 5.00 Å². The molecule has 0 atom stereocenters. The average molecular weight is 361 g/mol. The van der Waals surface area contributed by atoms with Gasteiger partial charge in [0.15, 0.2) is 12.4 Å². The molecule has 1 aromatic heterocycles. The molecule has 0 radical (unpaired) electrons. The second-order valence-electron chi connectivity index (χ2n) is 5.02. The van der Waals surface area contributed by atoms with E-state index < -0.39 is 5.97 Å². The summed E-state index contributed by atoms with van der Waals surface area (Å²) in [4.78, 5) is 35.3. The first-order valence-corrected chi connectivity index (χ1v) is 8.73. The summed E-state index contributed by atoms with van der Waals surface area (Å²) in [6.45, 7) is 3.57. The Morgan fingerprint density at radius 2 is 1.80 bits per heavy atom. The molecule has 0 unspecified atom stereocenters. The molecule has 0 bridgehead atoms. The number of esters is 1. The van der Waals surface area contributed by atoms with Crippen LogP contribution in [0.3, 0.4) is 0 Å². The van der Waals surface area contributed by atoms with Crippen molar-refractivity contribution >= 4 is 34.0 Å². The Hall–Kier alpha value is -2.67. The highest BCUT2D eigenvalue weighted by molar-refractivity contribution is 7.14. The summed E-state index contributed by atoms with van der Waals surface area (Å²) in [5.74, 6) is -0.328. The van der Waals surface area contributed by atoms with E-state index in [1.54, 1.807) is 49.6 Å². The molecule has 2 aromatic rings. The van der Waals surface area contributed by atoms with Crippen molar-refractivity contribution in [3.63, 3.8) is 0 Å². The number of carbonyl (C=O) groups excluding carboxylic acids is 3. The molecule has 0 aliphatic carbocycles. The minimum atomic E-state index is -0.476. The van der Waals surface area contributed by atoms with Gasteiger partial charge in [0, 0.05) is 12.0 Å². The highest BCUT2D eigenvalue weighted by Crippen LogP contribution is 2.24. The van der Waals surface area contributed by atoms with Crippen LogP contribution >= 0.6 is 11.3 Å². The van der Waals surface area contributed by atoms with Gasteiger partial charge in [0.25, 0.3) is 5.91 Å². The zero-order valence-electron chi connectivity index (χ0n) is 14.0. The minimum absolute atomic E-state index is 0.0495.